The molecule has 0 fully saturated rings. The predicted octanol–water partition coefficient (Wildman–Crippen LogP) is 2.22. The summed E-state index contributed by atoms with van der Waals surface area (Å²) in [5.41, 5.74) is 0. The van der Waals surface area contributed by atoms with Crippen molar-refractivity contribution < 1.29 is 8.42 Å². The van der Waals surface area contributed by atoms with Gasteiger partial charge in [0.25, 0.3) is 0 Å². The molecule has 5 heteroatoms. The molecular formula is C7H14Br2O2S. The lowest BCUT2D eigenvalue weighted by Gasteiger charge is -2.08. The van der Waals surface area contributed by atoms with Gasteiger partial charge < -0.3 is 0 Å². The van der Waals surface area contributed by atoms with E-state index in [4.69, 9.17) is 0 Å². The van der Waals surface area contributed by atoms with Gasteiger partial charge in [0.2, 0.25) is 0 Å². The molecule has 2 nitrogen and oxygen atoms in total. The molecule has 0 aromatic rings. The Morgan fingerprint density at radius 3 is 2.08 bits per heavy atom. The molecule has 0 heterocycles. The van der Waals surface area contributed by atoms with E-state index in [9.17, 15) is 8.42 Å². The van der Waals surface area contributed by atoms with Crippen LogP contribution in [0.15, 0.2) is 0 Å². The van der Waals surface area contributed by atoms with E-state index in [1.54, 1.807) is 0 Å². The fraction of sp³-hybridized carbons (Fsp3) is 1.00. The molecule has 0 radical (unpaired) electrons. The van der Waals surface area contributed by atoms with E-state index in [2.05, 4.69) is 31.9 Å². The highest BCUT2D eigenvalue weighted by Crippen LogP contribution is 2.13. The Morgan fingerprint density at radius 2 is 1.75 bits per heavy atom. The van der Waals surface area contributed by atoms with Crippen LogP contribution in [-0.4, -0.2) is 31.1 Å². The van der Waals surface area contributed by atoms with Gasteiger partial charge in [0, 0.05) is 22.7 Å². The lowest BCUT2D eigenvalue weighted by Crippen LogP contribution is -2.08. The van der Waals surface area contributed by atoms with Gasteiger partial charge in [-0.25, -0.2) is 8.42 Å². The summed E-state index contributed by atoms with van der Waals surface area (Å²) in [6, 6.07) is 0. The molecule has 0 aliphatic rings. The Labute approximate surface area is 91.3 Å². The molecule has 74 valence electrons. The smallest absolute Gasteiger partial charge is 0.147 e. The van der Waals surface area contributed by atoms with E-state index in [-0.39, 0.29) is 0 Å². The molecule has 0 bridgehead atoms. The molecule has 0 aliphatic heterocycles. The molecule has 0 aromatic heterocycles. The van der Waals surface area contributed by atoms with E-state index in [1.807, 2.05) is 0 Å². The van der Waals surface area contributed by atoms with Gasteiger partial charge >= 0.3 is 0 Å². The second-order valence-electron chi connectivity index (χ2n) is 2.95. The lowest BCUT2D eigenvalue weighted by atomic mass is 10.1. The van der Waals surface area contributed by atoms with Gasteiger partial charge in [-0.05, 0) is 18.8 Å². The van der Waals surface area contributed by atoms with E-state index < -0.39 is 9.84 Å². The molecule has 0 amide bonds. The van der Waals surface area contributed by atoms with Crippen molar-refractivity contribution >= 4 is 41.7 Å². The Morgan fingerprint density at radius 1 is 1.25 bits per heavy atom. The first-order chi connectivity index (χ1) is 5.49. The molecule has 0 spiro atoms. The minimum atomic E-state index is -2.77. The van der Waals surface area contributed by atoms with Crippen LogP contribution in [0.4, 0.5) is 0 Å². The third kappa shape index (κ3) is 7.55. The first kappa shape index (κ1) is 12.9. The van der Waals surface area contributed by atoms with Gasteiger partial charge in [-0.15, -0.1) is 0 Å². The summed E-state index contributed by atoms with van der Waals surface area (Å²) in [6.07, 6.45) is 3.01. The van der Waals surface area contributed by atoms with Crippen molar-refractivity contribution in [3.05, 3.63) is 0 Å². The zero-order valence-corrected chi connectivity index (χ0v) is 11.1. The minimum Gasteiger partial charge on any atom is -0.229 e. The quantitative estimate of drug-likeness (QED) is 0.703. The minimum absolute atomic E-state index is 0.309. The summed E-state index contributed by atoms with van der Waals surface area (Å²) in [6.45, 7) is 0. The van der Waals surface area contributed by atoms with Crippen molar-refractivity contribution in [2.24, 2.45) is 5.92 Å². The van der Waals surface area contributed by atoms with E-state index >= 15 is 0 Å². The van der Waals surface area contributed by atoms with Gasteiger partial charge in [-0.1, -0.05) is 31.9 Å². The third-order valence-corrected chi connectivity index (χ3v) is 4.43. The van der Waals surface area contributed by atoms with Crippen molar-refractivity contribution in [3.63, 3.8) is 0 Å². The molecule has 0 saturated heterocycles. The standard InChI is InChI=1S/C7H14Br2O2S/c1-12(10,11)4-2-3-7(5-8)6-9/h7H,2-6H2,1H3. The Hall–Kier alpha value is 0.910. The van der Waals surface area contributed by atoms with Crippen molar-refractivity contribution in [1.82, 2.24) is 0 Å². The molecule has 0 unspecified atom stereocenters. The summed E-state index contributed by atoms with van der Waals surface area (Å²) < 4.78 is 21.5. The third-order valence-electron chi connectivity index (χ3n) is 1.56. The number of sulfone groups is 1. The molecular weight excluding hydrogens is 308 g/mol. The van der Waals surface area contributed by atoms with Crippen molar-refractivity contribution in [3.8, 4) is 0 Å². The topological polar surface area (TPSA) is 34.1 Å². The normalized spacial score (nSPS) is 12.3. The van der Waals surface area contributed by atoms with Crippen LogP contribution in [0.5, 0.6) is 0 Å². The van der Waals surface area contributed by atoms with Crippen LogP contribution in [0.3, 0.4) is 0 Å². The first-order valence-electron chi connectivity index (χ1n) is 3.79. The average molecular weight is 322 g/mol. The highest BCUT2D eigenvalue weighted by molar-refractivity contribution is 9.09. The maximum Gasteiger partial charge on any atom is 0.147 e. The van der Waals surface area contributed by atoms with Gasteiger partial charge in [-0.2, -0.15) is 0 Å². The van der Waals surface area contributed by atoms with Crippen LogP contribution in [-0.2, 0) is 9.84 Å². The first-order valence-corrected chi connectivity index (χ1v) is 8.09. The number of halogens is 2. The van der Waals surface area contributed by atoms with Gasteiger partial charge in [-0.3, -0.25) is 0 Å². The molecule has 0 aliphatic carbocycles. The Balaban J connectivity index is 3.55. The summed E-state index contributed by atoms with van der Waals surface area (Å²) in [4.78, 5) is 0. The average Bonchev–Trinajstić information content (AvgIpc) is 1.96. The number of hydrogen-bond donors (Lipinski definition) is 0. The second kappa shape index (κ2) is 6.38. The number of rotatable bonds is 6. The highest BCUT2D eigenvalue weighted by atomic mass is 79.9. The van der Waals surface area contributed by atoms with Gasteiger partial charge in [0.15, 0.2) is 0 Å². The SMILES string of the molecule is CS(=O)(=O)CCCC(CBr)CBr. The molecule has 0 saturated carbocycles. The van der Waals surface area contributed by atoms with E-state index in [0.29, 0.717) is 11.7 Å². The maximum absolute atomic E-state index is 10.8. The molecule has 0 N–H and O–H groups in total. The summed E-state index contributed by atoms with van der Waals surface area (Å²) in [5, 5.41) is 1.87. The zero-order valence-electron chi connectivity index (χ0n) is 7.09. The molecule has 12 heavy (non-hydrogen) atoms. The van der Waals surface area contributed by atoms with Crippen LogP contribution in [0.2, 0.25) is 0 Å². The second-order valence-corrected chi connectivity index (χ2v) is 6.50. The van der Waals surface area contributed by atoms with E-state index in [1.165, 1.54) is 6.26 Å². The molecule has 0 aromatic carbocycles. The molecule has 0 rings (SSSR count). The van der Waals surface area contributed by atoms with Crippen LogP contribution in [0, 0.1) is 5.92 Å². The Kier molecular flexibility index (Phi) is 6.86. The van der Waals surface area contributed by atoms with E-state index in [0.717, 1.165) is 23.5 Å². The fourth-order valence-corrected chi connectivity index (χ4v) is 3.24. The van der Waals surface area contributed by atoms with Crippen LogP contribution >= 0.6 is 31.9 Å². The van der Waals surface area contributed by atoms with Crippen molar-refractivity contribution in [2.45, 2.75) is 12.8 Å². The maximum atomic E-state index is 10.8. The largest absolute Gasteiger partial charge is 0.229 e. The van der Waals surface area contributed by atoms with Crippen molar-refractivity contribution in [1.29, 1.82) is 0 Å². The molecule has 0 atom stereocenters. The summed E-state index contributed by atoms with van der Waals surface area (Å²) >= 11 is 6.75. The Bertz CT molecular complexity index is 197. The fourth-order valence-electron chi connectivity index (χ4n) is 0.830. The van der Waals surface area contributed by atoms with Gasteiger partial charge in [0.05, 0.1) is 0 Å². The van der Waals surface area contributed by atoms with Crippen molar-refractivity contribution in [2.75, 3.05) is 22.7 Å². The van der Waals surface area contributed by atoms with Crippen LogP contribution < -0.4 is 0 Å². The number of hydrogen-bond acceptors (Lipinski definition) is 2. The number of alkyl halides is 2. The predicted molar refractivity (Wildman–Crippen MR) is 60.0 cm³/mol. The monoisotopic (exact) mass is 320 g/mol. The summed E-state index contributed by atoms with van der Waals surface area (Å²) in [5.74, 6) is 0.857. The highest BCUT2D eigenvalue weighted by Gasteiger charge is 2.07. The van der Waals surface area contributed by atoms with Gasteiger partial charge in [0.1, 0.15) is 9.84 Å². The lowest BCUT2D eigenvalue weighted by molar-refractivity contribution is 0.576. The van der Waals surface area contributed by atoms with Crippen LogP contribution in [0.25, 0.3) is 0 Å². The van der Waals surface area contributed by atoms with Crippen LogP contribution in [0.1, 0.15) is 12.8 Å². The zero-order chi connectivity index (χ0) is 9.61. The summed E-state index contributed by atoms with van der Waals surface area (Å²) in [7, 11) is -2.77.